The molecule has 1 unspecified atom stereocenters. The maximum Gasteiger partial charge on any atom is 0.222 e. The van der Waals surface area contributed by atoms with Gasteiger partial charge in [-0.15, -0.1) is 0 Å². The number of carbonyl (C=O) groups is 1. The Morgan fingerprint density at radius 3 is 2.48 bits per heavy atom. The van der Waals surface area contributed by atoms with Gasteiger partial charge < -0.3 is 14.4 Å². The fourth-order valence-corrected chi connectivity index (χ4v) is 4.33. The van der Waals surface area contributed by atoms with Crippen molar-refractivity contribution in [2.24, 2.45) is 23.2 Å². The Kier molecular flexibility index (Phi) is 4.64. The average molecular weight is 321 g/mol. The van der Waals surface area contributed by atoms with Gasteiger partial charge in [-0.3, -0.25) is 4.79 Å². The van der Waals surface area contributed by atoms with Crippen LogP contribution in [0.5, 0.6) is 0 Å². The first-order chi connectivity index (χ1) is 11.3. The zero-order valence-electron chi connectivity index (χ0n) is 14.3. The molecule has 4 heteroatoms. The molecule has 2 saturated carbocycles. The van der Waals surface area contributed by atoms with Crippen LogP contribution >= 0.6 is 0 Å². The van der Waals surface area contributed by atoms with Crippen molar-refractivity contribution in [2.45, 2.75) is 51.4 Å². The van der Waals surface area contributed by atoms with Crippen LogP contribution in [0.2, 0.25) is 0 Å². The van der Waals surface area contributed by atoms with E-state index in [1.54, 1.807) is 0 Å². The summed E-state index contributed by atoms with van der Waals surface area (Å²) in [4.78, 5) is 14.5. The highest BCUT2D eigenvalue weighted by molar-refractivity contribution is 5.76. The first kappa shape index (κ1) is 15.9. The van der Waals surface area contributed by atoms with Crippen LogP contribution in [0.25, 0.3) is 0 Å². The van der Waals surface area contributed by atoms with E-state index in [1.165, 1.54) is 25.7 Å². The molecule has 0 aromatic carbocycles. The van der Waals surface area contributed by atoms with Crippen molar-refractivity contribution in [1.29, 1.82) is 0 Å². The maximum atomic E-state index is 12.3. The molecule has 0 bridgehead atoms. The third kappa shape index (κ3) is 3.90. The molecule has 0 aromatic heterocycles. The van der Waals surface area contributed by atoms with Crippen molar-refractivity contribution in [3.05, 3.63) is 0 Å². The fraction of sp³-hybridized carbons (Fsp3) is 0.947. The van der Waals surface area contributed by atoms with E-state index in [-0.39, 0.29) is 0 Å². The largest absolute Gasteiger partial charge is 0.381 e. The summed E-state index contributed by atoms with van der Waals surface area (Å²) in [5.74, 6) is 2.45. The minimum atomic E-state index is 0.359. The Hall–Kier alpha value is -0.610. The Balaban J connectivity index is 1.29. The number of amides is 1. The monoisotopic (exact) mass is 321 g/mol. The molecule has 0 aromatic rings. The summed E-state index contributed by atoms with van der Waals surface area (Å²) in [6.07, 6.45) is 9.46. The minimum Gasteiger partial charge on any atom is -0.381 e. The normalized spacial score (nSPS) is 30.6. The first-order valence-electron chi connectivity index (χ1n) is 9.68. The van der Waals surface area contributed by atoms with Crippen LogP contribution in [-0.2, 0) is 14.3 Å². The molecule has 23 heavy (non-hydrogen) atoms. The summed E-state index contributed by atoms with van der Waals surface area (Å²) >= 11 is 0. The van der Waals surface area contributed by atoms with E-state index in [2.05, 4.69) is 4.90 Å². The van der Waals surface area contributed by atoms with Crippen molar-refractivity contribution >= 4 is 5.91 Å². The van der Waals surface area contributed by atoms with E-state index >= 15 is 0 Å². The third-order valence-corrected chi connectivity index (χ3v) is 6.57. The molecule has 0 radical (unpaired) electrons. The van der Waals surface area contributed by atoms with Gasteiger partial charge in [-0.1, -0.05) is 0 Å². The van der Waals surface area contributed by atoms with Crippen LogP contribution in [0.15, 0.2) is 0 Å². The van der Waals surface area contributed by atoms with Crippen LogP contribution in [-0.4, -0.2) is 50.3 Å². The predicted molar refractivity (Wildman–Crippen MR) is 88.1 cm³/mol. The minimum absolute atomic E-state index is 0.359. The topological polar surface area (TPSA) is 38.8 Å². The average Bonchev–Trinajstić information content (AvgIpc) is 3.45. The van der Waals surface area contributed by atoms with Crippen molar-refractivity contribution in [3.8, 4) is 0 Å². The van der Waals surface area contributed by atoms with Gasteiger partial charge >= 0.3 is 0 Å². The van der Waals surface area contributed by atoms with Crippen molar-refractivity contribution < 1.29 is 14.3 Å². The van der Waals surface area contributed by atoms with Gasteiger partial charge in [0.25, 0.3) is 0 Å². The lowest BCUT2D eigenvalue weighted by Gasteiger charge is -2.49. The third-order valence-electron chi connectivity index (χ3n) is 6.57. The van der Waals surface area contributed by atoms with Crippen LogP contribution in [0, 0.1) is 23.2 Å². The van der Waals surface area contributed by atoms with E-state index in [4.69, 9.17) is 9.47 Å². The Bertz CT molecular complexity index is 422. The molecule has 2 aliphatic heterocycles. The number of piperidine rings is 1. The molecule has 0 N–H and O–H groups in total. The van der Waals surface area contributed by atoms with Crippen LogP contribution in [0.3, 0.4) is 0 Å². The van der Waals surface area contributed by atoms with Crippen LogP contribution < -0.4 is 0 Å². The molecule has 1 amide bonds. The predicted octanol–water partition coefficient (Wildman–Crippen LogP) is 2.86. The number of ether oxygens (including phenoxy) is 2. The number of hydrogen-bond donors (Lipinski definition) is 0. The van der Waals surface area contributed by atoms with E-state index in [0.717, 1.165) is 71.1 Å². The zero-order valence-corrected chi connectivity index (χ0v) is 14.3. The highest BCUT2D eigenvalue weighted by Crippen LogP contribution is 2.45. The molecule has 2 saturated heterocycles. The van der Waals surface area contributed by atoms with Gasteiger partial charge in [0.1, 0.15) is 0 Å². The second-order valence-corrected chi connectivity index (χ2v) is 8.39. The summed E-state index contributed by atoms with van der Waals surface area (Å²) in [5, 5.41) is 0. The molecule has 1 atom stereocenters. The standard InChI is InChI=1S/C19H31NO3/c21-18(11-15-1-2-15)20-8-5-19(6-9-20)7-10-22-13-17(19)14-23-12-16-3-4-16/h15-17H,1-14H2. The smallest absolute Gasteiger partial charge is 0.222 e. The molecule has 1 spiro atoms. The Morgan fingerprint density at radius 2 is 1.78 bits per heavy atom. The molecule has 4 aliphatic rings. The van der Waals surface area contributed by atoms with Crippen molar-refractivity contribution in [2.75, 3.05) is 39.5 Å². The zero-order chi connectivity index (χ0) is 15.7. The van der Waals surface area contributed by atoms with Gasteiger partial charge in [0.2, 0.25) is 5.91 Å². The summed E-state index contributed by atoms with van der Waals surface area (Å²) in [6, 6.07) is 0. The van der Waals surface area contributed by atoms with Crippen LogP contribution in [0.1, 0.15) is 51.4 Å². The van der Waals surface area contributed by atoms with E-state index in [0.29, 0.717) is 23.2 Å². The van der Waals surface area contributed by atoms with Gasteiger partial charge in [0.05, 0.1) is 13.2 Å². The highest BCUT2D eigenvalue weighted by Gasteiger charge is 2.44. The lowest BCUT2D eigenvalue weighted by Crippen LogP contribution is -2.50. The fourth-order valence-electron chi connectivity index (χ4n) is 4.33. The molecule has 4 fully saturated rings. The number of likely N-dealkylation sites (tertiary alicyclic amines) is 1. The van der Waals surface area contributed by atoms with Crippen molar-refractivity contribution in [3.63, 3.8) is 0 Å². The van der Waals surface area contributed by atoms with Gasteiger partial charge in [-0.2, -0.15) is 0 Å². The molecule has 4 nitrogen and oxygen atoms in total. The van der Waals surface area contributed by atoms with Crippen LogP contribution in [0.4, 0.5) is 0 Å². The maximum absolute atomic E-state index is 12.3. The summed E-state index contributed by atoms with van der Waals surface area (Å²) in [5.41, 5.74) is 0.359. The molecule has 130 valence electrons. The highest BCUT2D eigenvalue weighted by atomic mass is 16.5. The molecule has 2 heterocycles. The number of nitrogens with zero attached hydrogens (tertiary/aromatic N) is 1. The Morgan fingerprint density at radius 1 is 1.04 bits per heavy atom. The molecule has 4 rings (SSSR count). The molecule has 2 aliphatic carbocycles. The van der Waals surface area contributed by atoms with Gasteiger partial charge in [0, 0.05) is 38.6 Å². The van der Waals surface area contributed by atoms with E-state index in [9.17, 15) is 4.79 Å². The van der Waals surface area contributed by atoms with E-state index in [1.807, 2.05) is 0 Å². The van der Waals surface area contributed by atoms with Crippen molar-refractivity contribution in [1.82, 2.24) is 4.90 Å². The first-order valence-corrected chi connectivity index (χ1v) is 9.68. The second kappa shape index (κ2) is 6.72. The number of hydrogen-bond acceptors (Lipinski definition) is 3. The molecular weight excluding hydrogens is 290 g/mol. The van der Waals surface area contributed by atoms with Gasteiger partial charge in [-0.05, 0) is 62.2 Å². The Labute approximate surface area is 139 Å². The SMILES string of the molecule is O=C(CC1CC1)N1CCC2(CCOCC2COCC2CC2)CC1. The van der Waals surface area contributed by atoms with Gasteiger partial charge in [0.15, 0.2) is 0 Å². The quantitative estimate of drug-likeness (QED) is 0.755. The summed E-state index contributed by atoms with van der Waals surface area (Å²) in [7, 11) is 0. The lowest BCUT2D eigenvalue weighted by atomic mass is 9.66. The van der Waals surface area contributed by atoms with Gasteiger partial charge in [-0.25, -0.2) is 0 Å². The number of carbonyl (C=O) groups excluding carboxylic acids is 1. The second-order valence-electron chi connectivity index (χ2n) is 8.39. The lowest BCUT2D eigenvalue weighted by molar-refractivity contribution is -0.139. The summed E-state index contributed by atoms with van der Waals surface area (Å²) < 4.78 is 11.8. The number of rotatable bonds is 6. The van der Waals surface area contributed by atoms with E-state index < -0.39 is 0 Å². The summed E-state index contributed by atoms with van der Waals surface area (Å²) in [6.45, 7) is 5.43. The molecular formula is C19H31NO3.